The first-order valence-electron chi connectivity index (χ1n) is 3.39. The van der Waals surface area contributed by atoms with Crippen molar-refractivity contribution in [1.82, 2.24) is 9.97 Å². The Hall–Kier alpha value is -1.45. The molecule has 0 amide bonds. The van der Waals surface area contributed by atoms with Crippen LogP contribution in [0.1, 0.15) is 5.56 Å². The molecule has 1 aliphatic heterocycles. The minimum Gasteiger partial charge on any atom is -0.475 e. The first kappa shape index (κ1) is 6.27. The largest absolute Gasteiger partial charge is 0.475 e. The SMILES string of the molecule is c1ncc(C2=NCCO2)cn1. The third-order valence-electron chi connectivity index (χ3n) is 1.39. The van der Waals surface area contributed by atoms with Crippen molar-refractivity contribution in [3.05, 3.63) is 24.3 Å². The molecule has 0 aromatic carbocycles. The van der Waals surface area contributed by atoms with Crippen molar-refractivity contribution >= 4 is 5.90 Å². The molecule has 0 unspecified atom stereocenters. The lowest BCUT2D eigenvalue weighted by atomic mass is 10.3. The summed E-state index contributed by atoms with van der Waals surface area (Å²) in [5.74, 6) is 0.658. The van der Waals surface area contributed by atoms with E-state index < -0.39 is 0 Å². The van der Waals surface area contributed by atoms with E-state index in [-0.39, 0.29) is 0 Å². The fourth-order valence-electron chi connectivity index (χ4n) is 0.919. The second-order valence-corrected chi connectivity index (χ2v) is 2.16. The number of hydrogen-bond acceptors (Lipinski definition) is 4. The van der Waals surface area contributed by atoms with Gasteiger partial charge in [-0.15, -0.1) is 0 Å². The predicted molar refractivity (Wildman–Crippen MR) is 39.4 cm³/mol. The van der Waals surface area contributed by atoms with Crippen LogP contribution >= 0.6 is 0 Å². The number of aliphatic imine (C=N–C) groups is 1. The molecule has 56 valence electrons. The van der Waals surface area contributed by atoms with Crippen molar-refractivity contribution in [2.75, 3.05) is 13.2 Å². The maximum atomic E-state index is 5.21. The van der Waals surface area contributed by atoms with E-state index in [0.29, 0.717) is 12.5 Å². The maximum absolute atomic E-state index is 5.21. The highest BCUT2D eigenvalue weighted by Gasteiger charge is 2.09. The third-order valence-corrected chi connectivity index (χ3v) is 1.39. The van der Waals surface area contributed by atoms with Gasteiger partial charge in [0.25, 0.3) is 0 Å². The normalized spacial score (nSPS) is 15.8. The Labute approximate surface area is 64.0 Å². The van der Waals surface area contributed by atoms with Gasteiger partial charge in [-0.25, -0.2) is 15.0 Å². The van der Waals surface area contributed by atoms with Gasteiger partial charge >= 0.3 is 0 Å². The minimum absolute atomic E-state index is 0.658. The van der Waals surface area contributed by atoms with Gasteiger partial charge in [-0.2, -0.15) is 0 Å². The summed E-state index contributed by atoms with van der Waals surface area (Å²) < 4.78 is 5.21. The average Bonchev–Trinajstić information content (AvgIpc) is 2.58. The first-order valence-corrected chi connectivity index (χ1v) is 3.39. The standard InChI is InChI=1S/C7H7N3O/c1-2-11-7(10-1)6-3-8-5-9-4-6/h3-5H,1-2H2. The van der Waals surface area contributed by atoms with Crippen LogP contribution in [0.4, 0.5) is 0 Å². The van der Waals surface area contributed by atoms with Crippen molar-refractivity contribution in [2.45, 2.75) is 0 Å². The number of nitrogens with zero attached hydrogens (tertiary/aromatic N) is 3. The summed E-state index contributed by atoms with van der Waals surface area (Å²) in [5, 5.41) is 0. The molecule has 0 saturated heterocycles. The molecule has 1 aromatic rings. The minimum atomic E-state index is 0.658. The molecule has 4 nitrogen and oxygen atoms in total. The molecule has 2 heterocycles. The van der Waals surface area contributed by atoms with Gasteiger partial charge < -0.3 is 4.74 Å². The van der Waals surface area contributed by atoms with E-state index in [4.69, 9.17) is 4.74 Å². The van der Waals surface area contributed by atoms with Gasteiger partial charge in [0.15, 0.2) is 0 Å². The number of hydrogen-bond donors (Lipinski definition) is 0. The van der Waals surface area contributed by atoms with Crippen LogP contribution in [0.2, 0.25) is 0 Å². The van der Waals surface area contributed by atoms with Crippen molar-refractivity contribution in [2.24, 2.45) is 4.99 Å². The maximum Gasteiger partial charge on any atom is 0.219 e. The second kappa shape index (κ2) is 2.65. The van der Waals surface area contributed by atoms with Gasteiger partial charge in [-0.1, -0.05) is 0 Å². The second-order valence-electron chi connectivity index (χ2n) is 2.16. The smallest absolute Gasteiger partial charge is 0.219 e. The van der Waals surface area contributed by atoms with Crippen LogP contribution in [0.5, 0.6) is 0 Å². The fraction of sp³-hybridized carbons (Fsp3) is 0.286. The van der Waals surface area contributed by atoms with E-state index in [2.05, 4.69) is 15.0 Å². The third kappa shape index (κ3) is 1.19. The Kier molecular flexibility index (Phi) is 1.51. The molecule has 4 heteroatoms. The van der Waals surface area contributed by atoms with Gasteiger partial charge in [0.2, 0.25) is 5.90 Å². The summed E-state index contributed by atoms with van der Waals surface area (Å²) in [6.45, 7) is 1.41. The van der Waals surface area contributed by atoms with E-state index in [1.54, 1.807) is 12.4 Å². The lowest BCUT2D eigenvalue weighted by Crippen LogP contribution is -2.01. The zero-order valence-electron chi connectivity index (χ0n) is 5.90. The number of aromatic nitrogens is 2. The van der Waals surface area contributed by atoms with E-state index >= 15 is 0 Å². The molecular weight excluding hydrogens is 142 g/mol. The Bertz CT molecular complexity index is 270. The lowest BCUT2D eigenvalue weighted by Gasteiger charge is -1.97. The molecular formula is C7H7N3O. The molecule has 0 radical (unpaired) electrons. The molecule has 0 aliphatic carbocycles. The Morgan fingerprint density at radius 1 is 1.27 bits per heavy atom. The van der Waals surface area contributed by atoms with Crippen LogP contribution in [0.15, 0.2) is 23.7 Å². The highest BCUT2D eigenvalue weighted by molar-refractivity contribution is 5.94. The van der Waals surface area contributed by atoms with Crippen molar-refractivity contribution in [1.29, 1.82) is 0 Å². The van der Waals surface area contributed by atoms with Crippen LogP contribution in [0.25, 0.3) is 0 Å². The fourth-order valence-corrected chi connectivity index (χ4v) is 0.919. The summed E-state index contributed by atoms with van der Waals surface area (Å²) >= 11 is 0. The lowest BCUT2D eigenvalue weighted by molar-refractivity contribution is 0.348. The summed E-state index contributed by atoms with van der Waals surface area (Å²) in [5.41, 5.74) is 0.852. The average molecular weight is 149 g/mol. The van der Waals surface area contributed by atoms with Crippen molar-refractivity contribution in [3.8, 4) is 0 Å². The molecule has 0 atom stereocenters. The van der Waals surface area contributed by atoms with Crippen LogP contribution in [0, 0.1) is 0 Å². The zero-order valence-corrected chi connectivity index (χ0v) is 5.90. The predicted octanol–water partition coefficient (Wildman–Crippen LogP) is 0.253. The number of ether oxygens (including phenoxy) is 1. The first-order chi connectivity index (χ1) is 5.47. The summed E-state index contributed by atoms with van der Waals surface area (Å²) in [4.78, 5) is 11.8. The zero-order chi connectivity index (χ0) is 7.52. The van der Waals surface area contributed by atoms with Gasteiger partial charge in [0.1, 0.15) is 12.9 Å². The Morgan fingerprint density at radius 3 is 2.73 bits per heavy atom. The van der Waals surface area contributed by atoms with Crippen LogP contribution in [-0.2, 0) is 4.74 Å². The van der Waals surface area contributed by atoms with Gasteiger partial charge in [-0.3, -0.25) is 0 Å². The Morgan fingerprint density at radius 2 is 2.09 bits per heavy atom. The van der Waals surface area contributed by atoms with E-state index in [1.807, 2.05) is 0 Å². The molecule has 2 rings (SSSR count). The summed E-state index contributed by atoms with van der Waals surface area (Å²) in [6, 6.07) is 0. The van der Waals surface area contributed by atoms with Crippen LogP contribution < -0.4 is 0 Å². The van der Waals surface area contributed by atoms with E-state index in [0.717, 1.165) is 12.1 Å². The number of rotatable bonds is 1. The van der Waals surface area contributed by atoms with E-state index in [9.17, 15) is 0 Å². The summed E-state index contributed by atoms with van der Waals surface area (Å²) in [6.07, 6.45) is 4.87. The van der Waals surface area contributed by atoms with E-state index in [1.165, 1.54) is 6.33 Å². The van der Waals surface area contributed by atoms with Gasteiger partial charge in [0.05, 0.1) is 12.1 Å². The molecule has 1 aromatic heterocycles. The Balaban J connectivity index is 2.29. The monoisotopic (exact) mass is 149 g/mol. The summed E-state index contributed by atoms with van der Waals surface area (Å²) in [7, 11) is 0. The topological polar surface area (TPSA) is 47.4 Å². The molecule has 11 heavy (non-hydrogen) atoms. The van der Waals surface area contributed by atoms with Gasteiger partial charge in [0, 0.05) is 12.4 Å². The van der Waals surface area contributed by atoms with Gasteiger partial charge in [-0.05, 0) is 0 Å². The molecule has 0 N–H and O–H groups in total. The molecule has 1 aliphatic rings. The molecule has 0 saturated carbocycles. The van der Waals surface area contributed by atoms with Crippen LogP contribution in [-0.4, -0.2) is 29.0 Å². The molecule has 0 fully saturated rings. The van der Waals surface area contributed by atoms with Crippen molar-refractivity contribution in [3.63, 3.8) is 0 Å². The highest BCUT2D eigenvalue weighted by Crippen LogP contribution is 2.03. The molecule has 0 bridgehead atoms. The van der Waals surface area contributed by atoms with Crippen LogP contribution in [0.3, 0.4) is 0 Å². The quantitative estimate of drug-likeness (QED) is 0.575. The highest BCUT2D eigenvalue weighted by atomic mass is 16.5. The molecule has 0 spiro atoms. The van der Waals surface area contributed by atoms with Crippen molar-refractivity contribution < 1.29 is 4.74 Å².